The van der Waals surface area contributed by atoms with Gasteiger partial charge in [-0.15, -0.1) is 0 Å². The molecule has 2 rings (SSSR count). The molecule has 1 unspecified atom stereocenters. The van der Waals surface area contributed by atoms with Gasteiger partial charge in [0.2, 0.25) is 12.3 Å². The number of imide groups is 1. The molecule has 2 amide bonds. The van der Waals surface area contributed by atoms with Gasteiger partial charge in [0, 0.05) is 19.0 Å². The van der Waals surface area contributed by atoms with Crippen molar-refractivity contribution in [3.05, 3.63) is 46.2 Å². The van der Waals surface area contributed by atoms with E-state index in [4.69, 9.17) is 0 Å². The zero-order valence-corrected chi connectivity index (χ0v) is 14.1. The zero-order chi connectivity index (χ0) is 17.4. The second kappa shape index (κ2) is 8.88. The molecule has 0 bridgehead atoms. The summed E-state index contributed by atoms with van der Waals surface area (Å²) in [4.78, 5) is 33.9. The highest BCUT2D eigenvalue weighted by molar-refractivity contribution is 5.85. The fraction of sp³-hybridized carbons (Fsp3) is 0.389. The number of carbonyl (C=O) groups is 2. The van der Waals surface area contributed by atoms with E-state index in [1.54, 1.807) is 11.6 Å². The van der Waals surface area contributed by atoms with Gasteiger partial charge in [0.15, 0.2) is 0 Å². The number of nitrogens with zero attached hydrogens (tertiary/aromatic N) is 1. The van der Waals surface area contributed by atoms with E-state index in [-0.39, 0.29) is 23.8 Å². The lowest BCUT2D eigenvalue weighted by molar-refractivity contribution is -0.125. The van der Waals surface area contributed by atoms with Gasteiger partial charge in [-0.25, -0.2) is 0 Å². The van der Waals surface area contributed by atoms with E-state index >= 15 is 0 Å². The van der Waals surface area contributed by atoms with E-state index in [1.807, 2.05) is 51.1 Å². The molecule has 1 heterocycles. The number of hydrogen-bond donors (Lipinski definition) is 1. The molecule has 124 valence electrons. The molecule has 0 fully saturated rings. The highest BCUT2D eigenvalue weighted by Crippen LogP contribution is 2.21. The van der Waals surface area contributed by atoms with Gasteiger partial charge in [-0.1, -0.05) is 39.0 Å². The summed E-state index contributed by atoms with van der Waals surface area (Å²) in [7, 11) is 1.75. The fourth-order valence-corrected chi connectivity index (χ4v) is 2.44. The van der Waals surface area contributed by atoms with Crippen LogP contribution in [0.5, 0.6) is 0 Å². The molecule has 1 aromatic heterocycles. The van der Waals surface area contributed by atoms with Crippen LogP contribution in [0.15, 0.2) is 35.1 Å². The Balaban J connectivity index is 0.00000127. The predicted molar refractivity (Wildman–Crippen MR) is 92.4 cm³/mol. The Hall–Kier alpha value is -2.43. The van der Waals surface area contributed by atoms with Crippen molar-refractivity contribution in [3.63, 3.8) is 0 Å². The number of rotatable bonds is 5. The predicted octanol–water partition coefficient (Wildman–Crippen LogP) is 2.72. The van der Waals surface area contributed by atoms with Crippen molar-refractivity contribution < 1.29 is 9.59 Å². The molecular weight excluding hydrogens is 292 g/mol. The Kier molecular flexibility index (Phi) is 7.19. The second-order valence-electron chi connectivity index (χ2n) is 5.15. The molecule has 0 spiro atoms. The number of aromatic nitrogens is 1. The van der Waals surface area contributed by atoms with Crippen LogP contribution in [0.4, 0.5) is 0 Å². The number of carbonyl (C=O) groups excluding carboxylic acids is 2. The first-order valence-electron chi connectivity index (χ1n) is 7.86. The van der Waals surface area contributed by atoms with Crippen molar-refractivity contribution in [1.82, 2.24) is 9.88 Å². The number of nitrogens with one attached hydrogen (secondary N) is 1. The van der Waals surface area contributed by atoms with Gasteiger partial charge < -0.3 is 4.57 Å². The lowest BCUT2D eigenvalue weighted by Gasteiger charge is -2.14. The minimum atomic E-state index is -0.325. The molecule has 0 saturated heterocycles. The van der Waals surface area contributed by atoms with Crippen LogP contribution in [0.1, 0.15) is 45.1 Å². The Morgan fingerprint density at radius 1 is 1.30 bits per heavy atom. The van der Waals surface area contributed by atoms with Crippen LogP contribution in [0.3, 0.4) is 0 Å². The molecular formula is C18H24N2O3. The zero-order valence-electron chi connectivity index (χ0n) is 14.1. The Labute approximate surface area is 136 Å². The van der Waals surface area contributed by atoms with Crippen molar-refractivity contribution in [2.45, 2.75) is 39.5 Å². The van der Waals surface area contributed by atoms with Crippen LogP contribution in [0.25, 0.3) is 10.9 Å². The third-order valence-corrected chi connectivity index (χ3v) is 3.72. The summed E-state index contributed by atoms with van der Waals surface area (Å²) in [5.41, 5.74) is 1.53. The summed E-state index contributed by atoms with van der Waals surface area (Å²) in [6.07, 6.45) is 1.12. The van der Waals surface area contributed by atoms with Crippen molar-refractivity contribution in [2.75, 3.05) is 0 Å². The number of para-hydroxylation sites is 1. The molecule has 0 aliphatic rings. The molecule has 0 saturated carbocycles. The topological polar surface area (TPSA) is 68.2 Å². The quantitative estimate of drug-likeness (QED) is 0.862. The lowest BCUT2D eigenvalue weighted by Crippen LogP contribution is -2.24. The highest BCUT2D eigenvalue weighted by atomic mass is 16.2. The molecule has 23 heavy (non-hydrogen) atoms. The van der Waals surface area contributed by atoms with E-state index in [9.17, 15) is 14.4 Å². The van der Waals surface area contributed by atoms with Crippen LogP contribution in [0.2, 0.25) is 0 Å². The molecule has 5 nitrogen and oxygen atoms in total. The van der Waals surface area contributed by atoms with Crippen LogP contribution in [0, 0.1) is 0 Å². The SMILES string of the molecule is CC.CC(CCC(=O)NC=O)c1cc2ccccc2n(C)c1=O. The average Bonchev–Trinajstić information content (AvgIpc) is 2.58. The highest BCUT2D eigenvalue weighted by Gasteiger charge is 2.14. The summed E-state index contributed by atoms with van der Waals surface area (Å²) < 4.78 is 1.63. The van der Waals surface area contributed by atoms with Crippen molar-refractivity contribution in [2.24, 2.45) is 7.05 Å². The maximum Gasteiger partial charge on any atom is 0.254 e. The smallest absolute Gasteiger partial charge is 0.254 e. The third-order valence-electron chi connectivity index (χ3n) is 3.72. The summed E-state index contributed by atoms with van der Waals surface area (Å²) in [6, 6.07) is 9.58. The first-order valence-corrected chi connectivity index (χ1v) is 7.86. The Morgan fingerprint density at radius 2 is 1.96 bits per heavy atom. The minimum Gasteiger partial charge on any atom is -0.311 e. The van der Waals surface area contributed by atoms with Crippen LogP contribution < -0.4 is 10.9 Å². The maximum absolute atomic E-state index is 12.4. The maximum atomic E-state index is 12.4. The van der Waals surface area contributed by atoms with Crippen molar-refractivity contribution in [1.29, 1.82) is 0 Å². The van der Waals surface area contributed by atoms with Gasteiger partial charge in [0.25, 0.3) is 5.56 Å². The number of fused-ring (bicyclic) bond motifs is 1. The van der Waals surface area contributed by atoms with Gasteiger partial charge >= 0.3 is 0 Å². The average molecular weight is 316 g/mol. The lowest BCUT2D eigenvalue weighted by atomic mass is 9.96. The van der Waals surface area contributed by atoms with Gasteiger partial charge in [-0.3, -0.25) is 19.7 Å². The number of hydrogen-bond acceptors (Lipinski definition) is 3. The molecule has 1 aromatic carbocycles. The molecule has 1 N–H and O–H groups in total. The Bertz CT molecular complexity index is 735. The van der Waals surface area contributed by atoms with Gasteiger partial charge in [-0.2, -0.15) is 0 Å². The fourth-order valence-electron chi connectivity index (χ4n) is 2.44. The first kappa shape index (κ1) is 18.6. The van der Waals surface area contributed by atoms with Gasteiger partial charge in [0.1, 0.15) is 0 Å². The number of aryl methyl sites for hydroxylation is 1. The van der Waals surface area contributed by atoms with E-state index in [0.717, 1.165) is 10.9 Å². The normalized spacial score (nSPS) is 11.3. The Morgan fingerprint density at radius 3 is 2.61 bits per heavy atom. The number of amides is 2. The van der Waals surface area contributed by atoms with Crippen LogP contribution >= 0.6 is 0 Å². The first-order chi connectivity index (χ1) is 11.0. The molecule has 1 atom stereocenters. The van der Waals surface area contributed by atoms with E-state index in [1.165, 1.54) is 0 Å². The van der Waals surface area contributed by atoms with E-state index in [2.05, 4.69) is 5.32 Å². The summed E-state index contributed by atoms with van der Waals surface area (Å²) in [5.74, 6) is -0.375. The van der Waals surface area contributed by atoms with Gasteiger partial charge in [-0.05, 0) is 29.9 Å². The van der Waals surface area contributed by atoms with Crippen molar-refractivity contribution in [3.8, 4) is 0 Å². The summed E-state index contributed by atoms with van der Waals surface area (Å²) >= 11 is 0. The molecule has 2 aromatic rings. The number of pyridine rings is 1. The molecule has 0 aliphatic carbocycles. The van der Waals surface area contributed by atoms with Crippen molar-refractivity contribution >= 4 is 23.2 Å². The summed E-state index contributed by atoms with van der Waals surface area (Å²) in [5, 5.41) is 3.10. The standard InChI is InChI=1S/C16H18N2O3.C2H6/c1-11(7-8-15(20)17-10-19)13-9-12-5-3-4-6-14(12)18(2)16(13)21;1-2/h3-6,9-11H,7-8H2,1-2H3,(H,17,19,20);1-2H3. The molecule has 0 aliphatic heterocycles. The van der Waals surface area contributed by atoms with E-state index in [0.29, 0.717) is 18.4 Å². The van der Waals surface area contributed by atoms with Gasteiger partial charge in [0.05, 0.1) is 5.52 Å². The molecule has 5 heteroatoms. The molecule has 0 radical (unpaired) electrons. The van der Waals surface area contributed by atoms with Crippen LogP contribution in [-0.4, -0.2) is 16.9 Å². The largest absolute Gasteiger partial charge is 0.311 e. The monoisotopic (exact) mass is 316 g/mol. The number of benzene rings is 1. The summed E-state index contributed by atoms with van der Waals surface area (Å²) in [6.45, 7) is 5.92. The van der Waals surface area contributed by atoms with E-state index < -0.39 is 0 Å². The van der Waals surface area contributed by atoms with Crippen LogP contribution in [-0.2, 0) is 16.6 Å². The third kappa shape index (κ3) is 4.52. The minimum absolute atomic E-state index is 0.0444. The second-order valence-corrected chi connectivity index (χ2v) is 5.15.